The Kier molecular flexibility index (Phi) is 4.18. The maximum Gasteiger partial charge on any atom is 0.306 e. The van der Waals surface area contributed by atoms with Crippen molar-refractivity contribution < 1.29 is 9.90 Å². The largest absolute Gasteiger partial charge is 0.481 e. The minimum absolute atomic E-state index is 0.115. The quantitative estimate of drug-likeness (QED) is 0.585. The molecule has 13 heavy (non-hydrogen) atoms. The fraction of sp³-hybridized carbons (Fsp3) is 0.889. The van der Waals surface area contributed by atoms with E-state index in [1.54, 1.807) is 0 Å². The van der Waals surface area contributed by atoms with Crippen LogP contribution in [0, 0.1) is 5.92 Å². The molecule has 0 spiro atoms. The Morgan fingerprint density at radius 1 is 1.38 bits per heavy atom. The van der Waals surface area contributed by atoms with Gasteiger partial charge in [-0.15, -0.1) is 0 Å². The van der Waals surface area contributed by atoms with Gasteiger partial charge in [0.2, 0.25) is 0 Å². The summed E-state index contributed by atoms with van der Waals surface area (Å²) in [6.45, 7) is 1.49. The highest BCUT2D eigenvalue weighted by molar-refractivity contribution is 5.70. The van der Waals surface area contributed by atoms with Crippen molar-refractivity contribution in [3.8, 4) is 0 Å². The molecular weight excluding hydrogens is 168 g/mol. The van der Waals surface area contributed by atoms with E-state index in [2.05, 4.69) is 5.32 Å². The summed E-state index contributed by atoms with van der Waals surface area (Å²) in [6, 6.07) is 0.485. The van der Waals surface area contributed by atoms with Crippen molar-refractivity contribution in [2.24, 2.45) is 11.7 Å². The monoisotopic (exact) mass is 186 g/mol. The lowest BCUT2D eigenvalue weighted by Crippen LogP contribution is -2.37. The number of carboxylic acid groups (broad SMARTS) is 1. The molecule has 0 aromatic rings. The molecule has 0 heterocycles. The SMILES string of the molecule is NCCNC1CCC(C(=O)O)CC1. The van der Waals surface area contributed by atoms with Gasteiger partial charge in [-0.1, -0.05) is 0 Å². The van der Waals surface area contributed by atoms with Crippen LogP contribution in [0.2, 0.25) is 0 Å². The lowest BCUT2D eigenvalue weighted by atomic mass is 9.86. The van der Waals surface area contributed by atoms with Crippen LogP contribution in [0.3, 0.4) is 0 Å². The lowest BCUT2D eigenvalue weighted by Gasteiger charge is -2.26. The number of hydrogen-bond donors (Lipinski definition) is 3. The molecule has 0 radical (unpaired) electrons. The number of carboxylic acids is 1. The summed E-state index contributed by atoms with van der Waals surface area (Å²) < 4.78 is 0. The molecular formula is C9H18N2O2. The molecule has 0 unspecified atom stereocenters. The topological polar surface area (TPSA) is 75.3 Å². The third-order valence-corrected chi connectivity index (χ3v) is 2.65. The predicted molar refractivity (Wildman–Crippen MR) is 50.4 cm³/mol. The van der Waals surface area contributed by atoms with Crippen molar-refractivity contribution in [1.29, 1.82) is 0 Å². The molecule has 0 aromatic heterocycles. The Labute approximate surface area is 78.5 Å². The van der Waals surface area contributed by atoms with E-state index in [-0.39, 0.29) is 5.92 Å². The zero-order chi connectivity index (χ0) is 9.68. The minimum atomic E-state index is -0.641. The first kappa shape index (κ1) is 10.5. The molecule has 0 amide bonds. The standard InChI is InChI=1S/C9H18N2O2/c10-5-6-11-8-3-1-7(2-4-8)9(12)13/h7-8,11H,1-6,10H2,(H,12,13). The van der Waals surface area contributed by atoms with Gasteiger partial charge in [-0.2, -0.15) is 0 Å². The Morgan fingerprint density at radius 2 is 2.00 bits per heavy atom. The van der Waals surface area contributed by atoms with Gasteiger partial charge in [0, 0.05) is 19.1 Å². The van der Waals surface area contributed by atoms with Gasteiger partial charge in [-0.3, -0.25) is 4.79 Å². The fourth-order valence-corrected chi connectivity index (χ4v) is 1.83. The summed E-state index contributed by atoms with van der Waals surface area (Å²) in [5.41, 5.74) is 5.36. The normalized spacial score (nSPS) is 28.7. The lowest BCUT2D eigenvalue weighted by molar-refractivity contribution is -0.142. The zero-order valence-corrected chi connectivity index (χ0v) is 7.83. The van der Waals surface area contributed by atoms with Gasteiger partial charge in [-0.25, -0.2) is 0 Å². The Morgan fingerprint density at radius 3 is 2.46 bits per heavy atom. The number of carbonyl (C=O) groups is 1. The number of rotatable bonds is 4. The van der Waals surface area contributed by atoms with Crippen LogP contribution in [-0.4, -0.2) is 30.2 Å². The van der Waals surface area contributed by atoms with Crippen LogP contribution < -0.4 is 11.1 Å². The van der Waals surface area contributed by atoms with E-state index in [0.29, 0.717) is 12.6 Å². The first-order valence-corrected chi connectivity index (χ1v) is 4.90. The van der Waals surface area contributed by atoms with E-state index >= 15 is 0 Å². The van der Waals surface area contributed by atoms with E-state index in [1.165, 1.54) is 0 Å². The van der Waals surface area contributed by atoms with Gasteiger partial charge in [0.15, 0.2) is 0 Å². The summed E-state index contributed by atoms with van der Waals surface area (Å²) in [5.74, 6) is -0.756. The third kappa shape index (κ3) is 3.32. The van der Waals surface area contributed by atoms with Crippen LogP contribution in [0.1, 0.15) is 25.7 Å². The van der Waals surface area contributed by atoms with Crippen LogP contribution in [-0.2, 0) is 4.79 Å². The van der Waals surface area contributed by atoms with Crippen LogP contribution in [0.5, 0.6) is 0 Å². The van der Waals surface area contributed by atoms with Crippen molar-refractivity contribution in [2.75, 3.05) is 13.1 Å². The molecule has 0 saturated heterocycles. The molecule has 0 atom stereocenters. The number of nitrogens with two attached hydrogens (primary N) is 1. The highest BCUT2D eigenvalue weighted by atomic mass is 16.4. The molecule has 4 heteroatoms. The first-order chi connectivity index (χ1) is 6.24. The molecule has 1 aliphatic carbocycles. The number of aliphatic carboxylic acids is 1. The van der Waals surface area contributed by atoms with E-state index in [9.17, 15) is 4.79 Å². The van der Waals surface area contributed by atoms with Gasteiger partial charge in [0.05, 0.1) is 5.92 Å². The van der Waals surface area contributed by atoms with Gasteiger partial charge in [0.1, 0.15) is 0 Å². The predicted octanol–water partition coefficient (Wildman–Crippen LogP) is 0.178. The molecule has 0 aliphatic heterocycles. The summed E-state index contributed by atoms with van der Waals surface area (Å²) in [5, 5.41) is 12.1. The second kappa shape index (κ2) is 5.19. The van der Waals surface area contributed by atoms with Crippen molar-refractivity contribution in [2.45, 2.75) is 31.7 Å². The molecule has 1 fully saturated rings. The van der Waals surface area contributed by atoms with Gasteiger partial charge >= 0.3 is 5.97 Å². The zero-order valence-electron chi connectivity index (χ0n) is 7.83. The van der Waals surface area contributed by atoms with Crippen LogP contribution >= 0.6 is 0 Å². The van der Waals surface area contributed by atoms with E-state index < -0.39 is 5.97 Å². The molecule has 1 aliphatic rings. The molecule has 4 nitrogen and oxygen atoms in total. The van der Waals surface area contributed by atoms with Crippen molar-refractivity contribution in [3.05, 3.63) is 0 Å². The van der Waals surface area contributed by atoms with Crippen molar-refractivity contribution in [1.82, 2.24) is 5.32 Å². The molecule has 4 N–H and O–H groups in total. The summed E-state index contributed by atoms with van der Waals surface area (Å²) in [4.78, 5) is 10.6. The molecule has 76 valence electrons. The second-order valence-electron chi connectivity index (χ2n) is 3.63. The van der Waals surface area contributed by atoms with Crippen LogP contribution in [0.15, 0.2) is 0 Å². The average Bonchev–Trinajstić information content (AvgIpc) is 2.15. The maximum atomic E-state index is 10.6. The van der Waals surface area contributed by atoms with E-state index in [0.717, 1.165) is 32.2 Å². The van der Waals surface area contributed by atoms with Crippen LogP contribution in [0.25, 0.3) is 0 Å². The summed E-state index contributed by atoms with van der Waals surface area (Å²) in [6.07, 6.45) is 3.54. The first-order valence-electron chi connectivity index (χ1n) is 4.90. The van der Waals surface area contributed by atoms with E-state index in [1.807, 2.05) is 0 Å². The number of nitrogens with one attached hydrogen (secondary N) is 1. The summed E-state index contributed by atoms with van der Waals surface area (Å²) >= 11 is 0. The third-order valence-electron chi connectivity index (χ3n) is 2.65. The molecule has 1 saturated carbocycles. The van der Waals surface area contributed by atoms with Gasteiger partial charge in [-0.05, 0) is 25.7 Å². The fourth-order valence-electron chi connectivity index (χ4n) is 1.83. The van der Waals surface area contributed by atoms with Gasteiger partial charge in [0.25, 0.3) is 0 Å². The molecule has 0 aromatic carbocycles. The smallest absolute Gasteiger partial charge is 0.306 e. The van der Waals surface area contributed by atoms with Crippen molar-refractivity contribution in [3.63, 3.8) is 0 Å². The van der Waals surface area contributed by atoms with Crippen LogP contribution in [0.4, 0.5) is 0 Å². The van der Waals surface area contributed by atoms with Gasteiger partial charge < -0.3 is 16.2 Å². The maximum absolute atomic E-state index is 10.6. The van der Waals surface area contributed by atoms with E-state index in [4.69, 9.17) is 10.8 Å². The average molecular weight is 186 g/mol. The minimum Gasteiger partial charge on any atom is -0.481 e. The second-order valence-corrected chi connectivity index (χ2v) is 3.63. The number of hydrogen-bond acceptors (Lipinski definition) is 3. The highest BCUT2D eigenvalue weighted by Gasteiger charge is 2.25. The Hall–Kier alpha value is -0.610. The summed E-state index contributed by atoms with van der Waals surface area (Å²) in [7, 11) is 0. The molecule has 1 rings (SSSR count). The highest BCUT2D eigenvalue weighted by Crippen LogP contribution is 2.24. The van der Waals surface area contributed by atoms with Crippen molar-refractivity contribution >= 4 is 5.97 Å². The molecule has 0 bridgehead atoms. The Bertz CT molecular complexity index is 165. The Balaban J connectivity index is 2.18.